The number of carbonyl (C=O) groups excluding carboxylic acids is 1. The minimum Gasteiger partial charge on any atom is -0.464 e. The summed E-state index contributed by atoms with van der Waals surface area (Å²) in [5, 5.41) is 3.41. The second kappa shape index (κ2) is 7.46. The predicted molar refractivity (Wildman–Crippen MR) is 92.9 cm³/mol. The van der Waals surface area contributed by atoms with E-state index < -0.39 is 0 Å². The summed E-state index contributed by atoms with van der Waals surface area (Å²) in [6, 6.07) is 15.7. The van der Waals surface area contributed by atoms with E-state index in [-0.39, 0.29) is 5.97 Å². The molecule has 0 aliphatic rings. The first-order valence-corrected chi connectivity index (χ1v) is 7.72. The van der Waals surface area contributed by atoms with Crippen LogP contribution in [0.4, 0.5) is 5.69 Å². The van der Waals surface area contributed by atoms with Crippen LogP contribution in [0.15, 0.2) is 67.1 Å². The van der Waals surface area contributed by atoms with Crippen molar-refractivity contribution in [2.24, 2.45) is 0 Å². The molecule has 0 radical (unpaired) electrons. The molecule has 0 spiro atoms. The molecule has 0 atom stereocenters. The standard InChI is InChI=1S/C19H19N3O2/c1-24-19(23)18-8-5-11-22(18)14-16-9-10-20-13-17(16)21-12-15-6-3-2-4-7-15/h2-11,13,21H,12,14H2,1H3. The molecule has 5 heteroatoms. The molecule has 3 aromatic rings. The van der Waals surface area contributed by atoms with E-state index in [1.54, 1.807) is 18.5 Å². The molecule has 5 nitrogen and oxygen atoms in total. The highest BCUT2D eigenvalue weighted by Crippen LogP contribution is 2.18. The molecule has 0 unspecified atom stereocenters. The van der Waals surface area contributed by atoms with Gasteiger partial charge in [0, 0.05) is 25.5 Å². The van der Waals surface area contributed by atoms with E-state index in [4.69, 9.17) is 4.74 Å². The Hall–Kier alpha value is -3.08. The number of ether oxygens (including phenoxy) is 1. The van der Waals surface area contributed by atoms with Gasteiger partial charge in [-0.05, 0) is 29.3 Å². The molecule has 1 aromatic carbocycles. The monoisotopic (exact) mass is 321 g/mol. The Bertz CT molecular complexity index is 812. The van der Waals surface area contributed by atoms with Gasteiger partial charge in [-0.1, -0.05) is 30.3 Å². The molecule has 2 aromatic heterocycles. The molecule has 0 saturated carbocycles. The van der Waals surface area contributed by atoms with Gasteiger partial charge in [0.1, 0.15) is 5.69 Å². The Balaban J connectivity index is 1.77. The van der Waals surface area contributed by atoms with Crippen LogP contribution in [-0.4, -0.2) is 22.6 Å². The number of pyridine rings is 1. The number of benzene rings is 1. The van der Waals surface area contributed by atoms with E-state index in [2.05, 4.69) is 22.4 Å². The van der Waals surface area contributed by atoms with Crippen molar-refractivity contribution in [1.82, 2.24) is 9.55 Å². The van der Waals surface area contributed by atoms with Gasteiger partial charge < -0.3 is 14.6 Å². The molecule has 2 heterocycles. The maximum absolute atomic E-state index is 11.8. The number of aromatic nitrogens is 2. The summed E-state index contributed by atoms with van der Waals surface area (Å²) in [4.78, 5) is 16.0. The first-order valence-electron chi connectivity index (χ1n) is 7.72. The molecule has 1 N–H and O–H groups in total. The number of nitrogens with one attached hydrogen (secondary N) is 1. The fraction of sp³-hybridized carbons (Fsp3) is 0.158. The van der Waals surface area contributed by atoms with Gasteiger partial charge in [0.05, 0.1) is 19.0 Å². The molecule has 3 rings (SSSR count). The van der Waals surface area contributed by atoms with Crippen LogP contribution in [0.3, 0.4) is 0 Å². The molecular formula is C19H19N3O2. The van der Waals surface area contributed by atoms with Crippen LogP contribution in [0.25, 0.3) is 0 Å². The third-order valence-electron chi connectivity index (χ3n) is 3.80. The third kappa shape index (κ3) is 3.63. The molecule has 0 fully saturated rings. The Labute approximate surface area is 140 Å². The highest BCUT2D eigenvalue weighted by atomic mass is 16.5. The van der Waals surface area contributed by atoms with Crippen molar-refractivity contribution in [2.75, 3.05) is 12.4 Å². The quantitative estimate of drug-likeness (QED) is 0.708. The van der Waals surface area contributed by atoms with Crippen molar-refractivity contribution in [2.45, 2.75) is 13.1 Å². The maximum atomic E-state index is 11.8. The van der Waals surface area contributed by atoms with Gasteiger partial charge >= 0.3 is 5.97 Å². The van der Waals surface area contributed by atoms with Crippen molar-refractivity contribution in [3.8, 4) is 0 Å². The summed E-state index contributed by atoms with van der Waals surface area (Å²) < 4.78 is 6.69. The van der Waals surface area contributed by atoms with Crippen LogP contribution in [0.1, 0.15) is 21.6 Å². The molecule has 0 amide bonds. The average Bonchev–Trinajstić information content (AvgIpc) is 3.09. The Morgan fingerprint density at radius 2 is 2.00 bits per heavy atom. The fourth-order valence-electron chi connectivity index (χ4n) is 2.54. The van der Waals surface area contributed by atoms with E-state index in [9.17, 15) is 4.79 Å². The summed E-state index contributed by atoms with van der Waals surface area (Å²) in [5.41, 5.74) is 3.74. The van der Waals surface area contributed by atoms with Crippen molar-refractivity contribution in [3.63, 3.8) is 0 Å². The minimum atomic E-state index is -0.340. The van der Waals surface area contributed by atoms with Crippen molar-refractivity contribution < 1.29 is 9.53 Å². The minimum absolute atomic E-state index is 0.340. The SMILES string of the molecule is COC(=O)c1cccn1Cc1ccncc1NCc1ccccc1. The first kappa shape index (κ1) is 15.8. The largest absolute Gasteiger partial charge is 0.464 e. The Morgan fingerprint density at radius 3 is 2.79 bits per heavy atom. The summed E-state index contributed by atoms with van der Waals surface area (Å²) >= 11 is 0. The average molecular weight is 321 g/mol. The number of carbonyl (C=O) groups is 1. The summed E-state index contributed by atoms with van der Waals surface area (Å²) in [6.45, 7) is 1.28. The lowest BCUT2D eigenvalue weighted by Crippen LogP contribution is -2.12. The van der Waals surface area contributed by atoms with E-state index in [0.717, 1.165) is 17.8 Å². The van der Waals surface area contributed by atoms with E-state index >= 15 is 0 Å². The smallest absolute Gasteiger partial charge is 0.354 e. The second-order valence-corrected chi connectivity index (χ2v) is 5.38. The zero-order valence-corrected chi connectivity index (χ0v) is 13.5. The molecule has 0 saturated heterocycles. The number of methoxy groups -OCH3 is 1. The lowest BCUT2D eigenvalue weighted by atomic mass is 10.2. The molecule has 0 bridgehead atoms. The van der Waals surface area contributed by atoms with Crippen LogP contribution in [0.2, 0.25) is 0 Å². The molecule has 122 valence electrons. The highest BCUT2D eigenvalue weighted by Gasteiger charge is 2.12. The molecule has 24 heavy (non-hydrogen) atoms. The Kier molecular flexibility index (Phi) is 4.91. The summed E-state index contributed by atoms with van der Waals surface area (Å²) in [7, 11) is 1.39. The first-order chi connectivity index (χ1) is 11.8. The number of nitrogens with zero attached hydrogens (tertiary/aromatic N) is 2. The topological polar surface area (TPSA) is 56.2 Å². The molecule has 0 aliphatic heterocycles. The lowest BCUT2D eigenvalue weighted by Gasteiger charge is -2.13. The summed E-state index contributed by atoms with van der Waals surface area (Å²) in [5.74, 6) is -0.340. The van der Waals surface area contributed by atoms with E-state index in [0.29, 0.717) is 12.2 Å². The van der Waals surface area contributed by atoms with Crippen molar-refractivity contribution >= 4 is 11.7 Å². The normalized spacial score (nSPS) is 10.4. The zero-order valence-electron chi connectivity index (χ0n) is 13.5. The fourth-order valence-corrected chi connectivity index (χ4v) is 2.54. The number of esters is 1. The van der Waals surface area contributed by atoms with Crippen LogP contribution >= 0.6 is 0 Å². The third-order valence-corrected chi connectivity index (χ3v) is 3.80. The predicted octanol–water partition coefficient (Wildman–Crippen LogP) is 3.33. The zero-order chi connectivity index (χ0) is 16.8. The van der Waals surface area contributed by atoms with Gasteiger partial charge in [-0.3, -0.25) is 4.98 Å². The van der Waals surface area contributed by atoms with Crippen molar-refractivity contribution in [3.05, 3.63) is 83.9 Å². The number of anilines is 1. The van der Waals surface area contributed by atoms with Crippen LogP contribution in [-0.2, 0) is 17.8 Å². The highest BCUT2D eigenvalue weighted by molar-refractivity contribution is 5.87. The van der Waals surface area contributed by atoms with Gasteiger partial charge in [-0.15, -0.1) is 0 Å². The number of rotatable bonds is 6. The van der Waals surface area contributed by atoms with Gasteiger partial charge in [-0.25, -0.2) is 4.79 Å². The van der Waals surface area contributed by atoms with Crippen LogP contribution < -0.4 is 5.32 Å². The van der Waals surface area contributed by atoms with Gasteiger partial charge in [0.25, 0.3) is 0 Å². The maximum Gasteiger partial charge on any atom is 0.354 e. The van der Waals surface area contributed by atoms with Gasteiger partial charge in [0.2, 0.25) is 0 Å². The van der Waals surface area contributed by atoms with E-state index in [1.165, 1.54) is 12.7 Å². The van der Waals surface area contributed by atoms with E-state index in [1.807, 2.05) is 41.1 Å². The van der Waals surface area contributed by atoms with Gasteiger partial charge in [0.15, 0.2) is 0 Å². The lowest BCUT2D eigenvalue weighted by molar-refractivity contribution is 0.0589. The van der Waals surface area contributed by atoms with Crippen molar-refractivity contribution in [1.29, 1.82) is 0 Å². The summed E-state index contributed by atoms with van der Waals surface area (Å²) in [6.07, 6.45) is 5.43. The van der Waals surface area contributed by atoms with Gasteiger partial charge in [-0.2, -0.15) is 0 Å². The number of hydrogen-bond acceptors (Lipinski definition) is 4. The second-order valence-electron chi connectivity index (χ2n) is 5.38. The Morgan fingerprint density at radius 1 is 1.17 bits per heavy atom. The molecular weight excluding hydrogens is 302 g/mol. The molecule has 0 aliphatic carbocycles. The van der Waals surface area contributed by atoms with Crippen LogP contribution in [0, 0.1) is 0 Å². The van der Waals surface area contributed by atoms with Crippen LogP contribution in [0.5, 0.6) is 0 Å². The number of hydrogen-bond donors (Lipinski definition) is 1.